The van der Waals surface area contributed by atoms with Crippen LogP contribution in [0.15, 0.2) is 6.33 Å². The maximum atomic E-state index is 5.68. The van der Waals surface area contributed by atoms with Crippen LogP contribution in [0.4, 0.5) is 11.6 Å². The number of anilines is 2. The molecular weight excluding hydrogens is 242 g/mol. The summed E-state index contributed by atoms with van der Waals surface area (Å²) in [6.45, 7) is 3.87. The number of nitrogens with zero attached hydrogens (tertiary/aromatic N) is 3. The quantitative estimate of drug-likeness (QED) is 0.597. The van der Waals surface area contributed by atoms with Crippen LogP contribution < -0.4 is 16.2 Å². The number of hydrazine groups is 1. The molecule has 2 heterocycles. The van der Waals surface area contributed by atoms with E-state index in [2.05, 4.69) is 27.2 Å². The third-order valence-corrected chi connectivity index (χ3v) is 3.42. The van der Waals surface area contributed by atoms with Crippen molar-refractivity contribution in [3.63, 3.8) is 0 Å². The van der Waals surface area contributed by atoms with Gasteiger partial charge in [0.05, 0.1) is 6.10 Å². The number of likely N-dealkylation sites (N-methyl/N-ethyl adjacent to an activating group) is 1. The molecule has 0 spiro atoms. The second-order valence-corrected chi connectivity index (χ2v) is 4.93. The molecule has 1 aliphatic rings. The van der Waals surface area contributed by atoms with E-state index in [-0.39, 0.29) is 0 Å². The van der Waals surface area contributed by atoms with Crippen LogP contribution >= 0.6 is 0 Å². The van der Waals surface area contributed by atoms with Crippen LogP contribution in [0, 0.1) is 0 Å². The molecule has 0 radical (unpaired) electrons. The molecule has 0 aliphatic carbocycles. The second kappa shape index (κ2) is 6.68. The zero-order chi connectivity index (χ0) is 13.7. The van der Waals surface area contributed by atoms with Gasteiger partial charge in [-0.2, -0.15) is 0 Å². The van der Waals surface area contributed by atoms with Gasteiger partial charge in [0, 0.05) is 25.8 Å². The summed E-state index contributed by atoms with van der Waals surface area (Å²) >= 11 is 0. The number of nitrogen functional groups attached to an aromatic ring is 1. The average molecular weight is 265 g/mol. The van der Waals surface area contributed by atoms with E-state index in [9.17, 15) is 0 Å². The van der Waals surface area contributed by atoms with Gasteiger partial charge in [-0.15, -0.1) is 0 Å². The van der Waals surface area contributed by atoms with Gasteiger partial charge >= 0.3 is 0 Å². The molecule has 1 saturated heterocycles. The van der Waals surface area contributed by atoms with Crippen molar-refractivity contribution in [2.75, 3.05) is 30.5 Å². The standard InChI is InChI=1S/C13H23N5O/c1-3-5-11-12(17-14)15-9-16-13(11)18(2)8-10-6-4-7-19-10/h9-10H,3-8,14H2,1-2H3,(H,15,16,17). The molecule has 1 atom stereocenters. The van der Waals surface area contributed by atoms with Crippen molar-refractivity contribution < 1.29 is 4.74 Å². The fraction of sp³-hybridized carbons (Fsp3) is 0.692. The summed E-state index contributed by atoms with van der Waals surface area (Å²) in [4.78, 5) is 10.7. The van der Waals surface area contributed by atoms with E-state index in [1.807, 2.05) is 7.05 Å². The molecule has 3 N–H and O–H groups in total. The summed E-state index contributed by atoms with van der Waals surface area (Å²) in [5.41, 5.74) is 3.74. The first-order valence-electron chi connectivity index (χ1n) is 6.89. The van der Waals surface area contributed by atoms with Crippen molar-refractivity contribution in [1.82, 2.24) is 9.97 Å². The predicted octanol–water partition coefficient (Wildman–Crippen LogP) is 1.33. The lowest BCUT2D eigenvalue weighted by molar-refractivity contribution is 0.116. The molecule has 0 bridgehead atoms. The summed E-state index contributed by atoms with van der Waals surface area (Å²) in [5.74, 6) is 7.19. The van der Waals surface area contributed by atoms with Gasteiger partial charge in [-0.1, -0.05) is 13.3 Å². The van der Waals surface area contributed by atoms with Crippen LogP contribution in [-0.4, -0.2) is 36.3 Å². The Morgan fingerprint density at radius 1 is 1.53 bits per heavy atom. The van der Waals surface area contributed by atoms with Crippen LogP contribution in [0.3, 0.4) is 0 Å². The highest BCUT2D eigenvalue weighted by Crippen LogP contribution is 2.25. The molecule has 2 rings (SSSR count). The summed E-state index contributed by atoms with van der Waals surface area (Å²) < 4.78 is 5.68. The minimum Gasteiger partial charge on any atom is -0.376 e. The maximum absolute atomic E-state index is 5.68. The SMILES string of the molecule is CCCc1c(NN)ncnc1N(C)CC1CCCO1. The summed E-state index contributed by atoms with van der Waals surface area (Å²) in [5, 5.41) is 0. The molecule has 1 fully saturated rings. The molecule has 0 amide bonds. The largest absolute Gasteiger partial charge is 0.376 e. The molecular formula is C13H23N5O. The van der Waals surface area contributed by atoms with E-state index in [1.165, 1.54) is 0 Å². The third-order valence-electron chi connectivity index (χ3n) is 3.42. The van der Waals surface area contributed by atoms with Crippen LogP contribution in [-0.2, 0) is 11.2 Å². The van der Waals surface area contributed by atoms with Gasteiger partial charge in [0.15, 0.2) is 0 Å². The van der Waals surface area contributed by atoms with Gasteiger partial charge in [0.25, 0.3) is 0 Å². The van der Waals surface area contributed by atoms with Crippen molar-refractivity contribution in [2.24, 2.45) is 5.84 Å². The van der Waals surface area contributed by atoms with Crippen LogP contribution in [0.1, 0.15) is 31.7 Å². The van der Waals surface area contributed by atoms with Gasteiger partial charge in [0.2, 0.25) is 0 Å². The van der Waals surface area contributed by atoms with Crippen molar-refractivity contribution in [3.05, 3.63) is 11.9 Å². The Morgan fingerprint density at radius 3 is 3.00 bits per heavy atom. The van der Waals surface area contributed by atoms with Gasteiger partial charge < -0.3 is 15.1 Å². The Morgan fingerprint density at radius 2 is 2.37 bits per heavy atom. The molecule has 1 aromatic heterocycles. The van der Waals surface area contributed by atoms with Crippen molar-refractivity contribution in [2.45, 2.75) is 38.7 Å². The normalized spacial score (nSPS) is 18.6. The molecule has 1 aliphatic heterocycles. The highest BCUT2D eigenvalue weighted by molar-refractivity contribution is 5.58. The van der Waals surface area contributed by atoms with E-state index in [4.69, 9.17) is 10.6 Å². The topological polar surface area (TPSA) is 76.3 Å². The Hall–Kier alpha value is -1.40. The highest BCUT2D eigenvalue weighted by atomic mass is 16.5. The molecule has 6 heteroatoms. The minimum absolute atomic E-state index is 0.309. The smallest absolute Gasteiger partial charge is 0.148 e. The van der Waals surface area contributed by atoms with E-state index in [0.29, 0.717) is 11.9 Å². The number of ether oxygens (including phenoxy) is 1. The van der Waals surface area contributed by atoms with Crippen molar-refractivity contribution in [3.8, 4) is 0 Å². The average Bonchev–Trinajstić information content (AvgIpc) is 2.92. The summed E-state index contributed by atoms with van der Waals surface area (Å²) in [7, 11) is 2.05. The molecule has 106 valence electrons. The summed E-state index contributed by atoms with van der Waals surface area (Å²) in [6.07, 6.45) is 6.08. The number of nitrogens with one attached hydrogen (secondary N) is 1. The van der Waals surface area contributed by atoms with Crippen LogP contribution in [0.2, 0.25) is 0 Å². The first-order chi connectivity index (χ1) is 9.26. The number of rotatable bonds is 6. The molecule has 1 unspecified atom stereocenters. The first kappa shape index (κ1) is 14.0. The Bertz CT molecular complexity index is 406. The van der Waals surface area contributed by atoms with Gasteiger partial charge in [-0.05, 0) is 19.3 Å². The molecule has 0 aromatic carbocycles. The van der Waals surface area contributed by atoms with Gasteiger partial charge in [0.1, 0.15) is 18.0 Å². The van der Waals surface area contributed by atoms with E-state index < -0.39 is 0 Å². The third kappa shape index (κ3) is 3.33. The van der Waals surface area contributed by atoms with Crippen LogP contribution in [0.25, 0.3) is 0 Å². The van der Waals surface area contributed by atoms with E-state index >= 15 is 0 Å². The number of hydrogen-bond donors (Lipinski definition) is 2. The minimum atomic E-state index is 0.309. The first-order valence-corrected chi connectivity index (χ1v) is 6.89. The lowest BCUT2D eigenvalue weighted by atomic mass is 10.1. The predicted molar refractivity (Wildman–Crippen MR) is 76.1 cm³/mol. The molecule has 1 aromatic rings. The zero-order valence-corrected chi connectivity index (χ0v) is 11.7. The number of nitrogens with two attached hydrogens (primary N) is 1. The Kier molecular flexibility index (Phi) is 4.93. The van der Waals surface area contributed by atoms with Gasteiger partial charge in [-0.3, -0.25) is 0 Å². The fourth-order valence-electron chi connectivity index (χ4n) is 2.52. The lowest BCUT2D eigenvalue weighted by Gasteiger charge is -2.24. The number of aromatic nitrogens is 2. The molecule has 19 heavy (non-hydrogen) atoms. The summed E-state index contributed by atoms with van der Waals surface area (Å²) in [6, 6.07) is 0. The highest BCUT2D eigenvalue weighted by Gasteiger charge is 2.20. The fourth-order valence-corrected chi connectivity index (χ4v) is 2.52. The zero-order valence-electron chi connectivity index (χ0n) is 11.7. The second-order valence-electron chi connectivity index (χ2n) is 4.93. The van der Waals surface area contributed by atoms with E-state index in [0.717, 1.165) is 50.2 Å². The molecule has 0 saturated carbocycles. The van der Waals surface area contributed by atoms with Gasteiger partial charge in [-0.25, -0.2) is 15.8 Å². The Balaban J connectivity index is 2.16. The Labute approximate surface area is 114 Å². The van der Waals surface area contributed by atoms with Crippen molar-refractivity contribution >= 4 is 11.6 Å². The number of hydrogen-bond acceptors (Lipinski definition) is 6. The van der Waals surface area contributed by atoms with E-state index in [1.54, 1.807) is 6.33 Å². The monoisotopic (exact) mass is 265 g/mol. The lowest BCUT2D eigenvalue weighted by Crippen LogP contribution is -2.30. The van der Waals surface area contributed by atoms with Crippen molar-refractivity contribution in [1.29, 1.82) is 0 Å². The van der Waals surface area contributed by atoms with Crippen LogP contribution in [0.5, 0.6) is 0 Å². The molecule has 6 nitrogen and oxygen atoms in total. The maximum Gasteiger partial charge on any atom is 0.148 e.